The summed E-state index contributed by atoms with van der Waals surface area (Å²) in [7, 11) is 0. The Kier molecular flexibility index (Phi) is 3.70. The maximum atomic E-state index is 13.1. The average molecular weight is 231 g/mol. The molecular formula is C10H3F2N5. The smallest absolute Gasteiger partial charge is 0.237 e. The van der Waals surface area contributed by atoms with Crippen molar-refractivity contribution < 1.29 is 8.78 Å². The normalized spacial score (nSPS) is 8.41. The average Bonchev–Trinajstić information content (AvgIpc) is 2.30. The molecule has 5 nitrogen and oxygen atoms in total. The van der Waals surface area contributed by atoms with Crippen LogP contribution >= 0.6 is 0 Å². The third-order valence-electron chi connectivity index (χ3n) is 1.66. The van der Waals surface area contributed by atoms with Gasteiger partial charge in [0.2, 0.25) is 5.71 Å². The van der Waals surface area contributed by atoms with E-state index in [0.29, 0.717) is 0 Å². The second-order valence-electron chi connectivity index (χ2n) is 2.72. The molecule has 0 radical (unpaired) electrons. The molecule has 0 aliphatic heterocycles. The van der Waals surface area contributed by atoms with Crippen LogP contribution in [0.4, 0.5) is 14.5 Å². The molecule has 82 valence electrons. The van der Waals surface area contributed by atoms with Crippen LogP contribution in [-0.2, 0) is 0 Å². The molecule has 0 unspecified atom stereocenters. The van der Waals surface area contributed by atoms with Crippen molar-refractivity contribution in [2.75, 3.05) is 5.43 Å². The van der Waals surface area contributed by atoms with Crippen LogP contribution in [0.2, 0.25) is 0 Å². The Bertz CT molecular complexity index is 562. The van der Waals surface area contributed by atoms with Crippen LogP contribution < -0.4 is 5.43 Å². The Labute approximate surface area is 94.8 Å². The van der Waals surface area contributed by atoms with E-state index >= 15 is 0 Å². The predicted molar refractivity (Wildman–Crippen MR) is 53.4 cm³/mol. The SMILES string of the molecule is N#CC(C#N)=NNc1cc(F)c(C#N)c(F)c1. The summed E-state index contributed by atoms with van der Waals surface area (Å²) in [5.74, 6) is -2.11. The Balaban J connectivity index is 3.06. The molecule has 0 bridgehead atoms. The first-order chi connectivity index (χ1) is 8.12. The van der Waals surface area contributed by atoms with Crippen molar-refractivity contribution in [3.05, 3.63) is 29.3 Å². The number of hydrogen-bond donors (Lipinski definition) is 1. The van der Waals surface area contributed by atoms with Crippen molar-refractivity contribution in [1.82, 2.24) is 0 Å². The first kappa shape index (κ1) is 12.1. The molecule has 1 N–H and O–H groups in total. The second kappa shape index (κ2) is 5.20. The summed E-state index contributed by atoms with van der Waals surface area (Å²) in [5.41, 5.74) is 0.825. The van der Waals surface area contributed by atoms with Crippen molar-refractivity contribution in [1.29, 1.82) is 15.8 Å². The molecule has 0 saturated carbocycles. The van der Waals surface area contributed by atoms with Gasteiger partial charge in [0.1, 0.15) is 35.4 Å². The Morgan fingerprint density at radius 3 is 2.06 bits per heavy atom. The number of anilines is 1. The van der Waals surface area contributed by atoms with Gasteiger partial charge in [-0.15, -0.1) is 0 Å². The molecule has 0 saturated heterocycles. The van der Waals surface area contributed by atoms with Crippen molar-refractivity contribution >= 4 is 11.4 Å². The Morgan fingerprint density at radius 1 is 1.12 bits per heavy atom. The molecule has 0 amide bonds. The molecule has 0 heterocycles. The summed E-state index contributed by atoms with van der Waals surface area (Å²) in [6, 6.07) is 5.94. The zero-order valence-electron chi connectivity index (χ0n) is 8.20. The summed E-state index contributed by atoms with van der Waals surface area (Å²) in [5, 5.41) is 28.4. The van der Waals surface area contributed by atoms with Gasteiger partial charge in [-0.05, 0) is 0 Å². The predicted octanol–water partition coefficient (Wildman–Crippen LogP) is 1.65. The van der Waals surface area contributed by atoms with E-state index in [4.69, 9.17) is 15.8 Å². The standard InChI is InChI=1S/C10H3F2N5/c11-9-1-6(2-10(12)8(9)5-15)16-17-7(3-13)4-14/h1-2,16H. The number of nitriles is 3. The van der Waals surface area contributed by atoms with Gasteiger partial charge in [-0.3, -0.25) is 5.43 Å². The highest BCUT2D eigenvalue weighted by Gasteiger charge is 2.10. The first-order valence-electron chi connectivity index (χ1n) is 4.15. The minimum Gasteiger partial charge on any atom is -0.276 e. The molecule has 1 rings (SSSR count). The van der Waals surface area contributed by atoms with Gasteiger partial charge in [-0.25, -0.2) is 8.78 Å². The molecule has 0 aromatic heterocycles. The number of rotatable bonds is 2. The highest BCUT2D eigenvalue weighted by Crippen LogP contribution is 2.17. The monoisotopic (exact) mass is 231 g/mol. The maximum absolute atomic E-state index is 13.1. The van der Waals surface area contributed by atoms with Gasteiger partial charge in [-0.1, -0.05) is 0 Å². The fourth-order valence-corrected chi connectivity index (χ4v) is 0.940. The van der Waals surface area contributed by atoms with E-state index in [1.807, 2.05) is 0 Å². The first-order valence-corrected chi connectivity index (χ1v) is 4.15. The fourth-order valence-electron chi connectivity index (χ4n) is 0.940. The lowest BCUT2D eigenvalue weighted by Gasteiger charge is -2.02. The third kappa shape index (κ3) is 2.74. The fraction of sp³-hybridized carbons (Fsp3) is 0. The van der Waals surface area contributed by atoms with Crippen LogP contribution in [0.1, 0.15) is 5.56 Å². The lowest BCUT2D eigenvalue weighted by Crippen LogP contribution is -1.99. The van der Waals surface area contributed by atoms with E-state index in [2.05, 4.69) is 10.5 Å². The maximum Gasteiger partial charge on any atom is 0.237 e. The van der Waals surface area contributed by atoms with Crippen molar-refractivity contribution in [2.24, 2.45) is 5.10 Å². The summed E-state index contributed by atoms with van der Waals surface area (Å²) in [4.78, 5) is 0. The largest absolute Gasteiger partial charge is 0.276 e. The minimum absolute atomic E-state index is 0.109. The number of nitrogens with one attached hydrogen (secondary N) is 1. The van der Waals surface area contributed by atoms with Gasteiger partial charge in [0.05, 0.1) is 5.69 Å². The van der Waals surface area contributed by atoms with Crippen LogP contribution in [-0.4, -0.2) is 5.71 Å². The summed E-state index contributed by atoms with van der Waals surface area (Å²) in [6.07, 6.45) is 0. The molecule has 7 heteroatoms. The van der Waals surface area contributed by atoms with Gasteiger partial charge < -0.3 is 0 Å². The quantitative estimate of drug-likeness (QED) is 0.618. The van der Waals surface area contributed by atoms with Gasteiger partial charge in [-0.2, -0.15) is 20.9 Å². The number of hydrazone groups is 1. The van der Waals surface area contributed by atoms with Crippen molar-refractivity contribution in [3.8, 4) is 18.2 Å². The van der Waals surface area contributed by atoms with E-state index < -0.39 is 22.9 Å². The van der Waals surface area contributed by atoms with Gasteiger partial charge in [0, 0.05) is 12.1 Å². The number of benzene rings is 1. The van der Waals surface area contributed by atoms with Gasteiger partial charge >= 0.3 is 0 Å². The van der Waals surface area contributed by atoms with Crippen LogP contribution in [0.15, 0.2) is 17.2 Å². The molecule has 1 aromatic carbocycles. The summed E-state index contributed by atoms with van der Waals surface area (Å²) >= 11 is 0. The molecule has 0 atom stereocenters. The number of hydrogen-bond acceptors (Lipinski definition) is 5. The number of nitrogens with zero attached hydrogens (tertiary/aromatic N) is 4. The highest BCUT2D eigenvalue weighted by atomic mass is 19.1. The minimum atomic E-state index is -1.05. The van der Waals surface area contributed by atoms with E-state index in [0.717, 1.165) is 12.1 Å². The third-order valence-corrected chi connectivity index (χ3v) is 1.66. The topological polar surface area (TPSA) is 95.8 Å². The van der Waals surface area contributed by atoms with Gasteiger partial charge in [0.25, 0.3) is 0 Å². The molecule has 1 aromatic rings. The van der Waals surface area contributed by atoms with E-state index in [9.17, 15) is 8.78 Å². The lowest BCUT2D eigenvalue weighted by atomic mass is 10.2. The van der Waals surface area contributed by atoms with Crippen LogP contribution in [0.5, 0.6) is 0 Å². The molecular weight excluding hydrogens is 228 g/mol. The van der Waals surface area contributed by atoms with E-state index in [1.54, 1.807) is 0 Å². The second-order valence-corrected chi connectivity index (χ2v) is 2.72. The summed E-state index contributed by atoms with van der Waals surface area (Å²) < 4.78 is 26.2. The van der Waals surface area contributed by atoms with E-state index in [1.165, 1.54) is 18.2 Å². The van der Waals surface area contributed by atoms with Crippen molar-refractivity contribution in [2.45, 2.75) is 0 Å². The van der Waals surface area contributed by atoms with Crippen LogP contribution in [0, 0.1) is 45.6 Å². The molecule has 0 fully saturated rings. The molecule has 0 aliphatic carbocycles. The molecule has 17 heavy (non-hydrogen) atoms. The number of halogens is 2. The van der Waals surface area contributed by atoms with Crippen molar-refractivity contribution in [3.63, 3.8) is 0 Å². The summed E-state index contributed by atoms with van der Waals surface area (Å²) in [6.45, 7) is 0. The van der Waals surface area contributed by atoms with Gasteiger partial charge in [0.15, 0.2) is 0 Å². The highest BCUT2D eigenvalue weighted by molar-refractivity contribution is 6.10. The Morgan fingerprint density at radius 2 is 1.65 bits per heavy atom. The van der Waals surface area contributed by atoms with Crippen LogP contribution in [0.3, 0.4) is 0 Å². The van der Waals surface area contributed by atoms with Crippen LogP contribution in [0.25, 0.3) is 0 Å². The zero-order chi connectivity index (χ0) is 12.8. The lowest BCUT2D eigenvalue weighted by molar-refractivity contribution is 0.577. The van der Waals surface area contributed by atoms with E-state index in [-0.39, 0.29) is 5.69 Å². The molecule has 0 aliphatic rings. The molecule has 0 spiro atoms. The zero-order valence-corrected chi connectivity index (χ0v) is 8.20. The Hall–Kier alpha value is -2.98.